The second kappa shape index (κ2) is 7.43. The Labute approximate surface area is 165 Å². The van der Waals surface area contributed by atoms with Crippen molar-refractivity contribution in [1.82, 2.24) is 4.98 Å². The Hall–Kier alpha value is -3.43. The normalized spacial score (nSPS) is 12.1. The maximum Gasteiger partial charge on any atom is 0.454 e. The number of hydrogen-bond donors (Lipinski definition) is 1. The molecule has 156 valence electrons. The zero-order valence-electron chi connectivity index (χ0n) is 15.2. The molecule has 0 atom stereocenters. The minimum Gasteiger partial charge on any atom is -0.353 e. The van der Waals surface area contributed by atoms with Gasteiger partial charge in [0.1, 0.15) is 0 Å². The van der Waals surface area contributed by atoms with Gasteiger partial charge in [-0.15, -0.1) is 0 Å². The highest BCUT2D eigenvalue weighted by molar-refractivity contribution is 6.18. The first-order chi connectivity index (χ1) is 13.9. The van der Waals surface area contributed by atoms with E-state index in [4.69, 9.17) is 0 Å². The average Bonchev–Trinajstić information content (AvgIpc) is 2.67. The van der Waals surface area contributed by atoms with Gasteiger partial charge >= 0.3 is 12.4 Å². The summed E-state index contributed by atoms with van der Waals surface area (Å²) in [5, 5.41) is 2.29. The number of hydrogen-bond acceptors (Lipinski definition) is 4. The molecule has 0 amide bonds. The van der Waals surface area contributed by atoms with Crippen LogP contribution in [0.5, 0.6) is 0 Å². The Morgan fingerprint density at radius 3 is 2.00 bits per heavy atom. The Bertz CT molecular complexity index is 1130. The minimum absolute atomic E-state index is 0.277. The molecule has 0 bridgehead atoms. The first kappa shape index (κ1) is 21.3. The number of alkyl halides is 6. The second-order valence-corrected chi connectivity index (χ2v) is 6.39. The van der Waals surface area contributed by atoms with Crippen LogP contribution in [0.4, 0.5) is 37.7 Å². The van der Waals surface area contributed by atoms with Crippen LogP contribution in [0, 0.1) is 6.92 Å². The van der Waals surface area contributed by atoms with Crippen LogP contribution in [0.15, 0.2) is 48.7 Å². The summed E-state index contributed by atoms with van der Waals surface area (Å²) < 4.78 is 78.6. The average molecular weight is 426 g/mol. The van der Waals surface area contributed by atoms with E-state index in [-0.39, 0.29) is 16.6 Å². The summed E-state index contributed by atoms with van der Waals surface area (Å²) >= 11 is 0. The van der Waals surface area contributed by atoms with Crippen molar-refractivity contribution < 1.29 is 35.9 Å². The Morgan fingerprint density at radius 1 is 0.867 bits per heavy atom. The molecule has 1 heterocycles. The number of benzene rings is 2. The highest BCUT2D eigenvalue weighted by Crippen LogP contribution is 2.37. The molecular formula is C20H12F6N2O2. The number of aryl methyl sites for hydroxylation is 1. The highest BCUT2D eigenvalue weighted by atomic mass is 19.4. The third-order valence-corrected chi connectivity index (χ3v) is 4.22. The molecule has 4 nitrogen and oxygen atoms in total. The zero-order valence-corrected chi connectivity index (χ0v) is 15.2. The zero-order chi connectivity index (χ0) is 22.3. The summed E-state index contributed by atoms with van der Waals surface area (Å²) in [4.78, 5) is 27.7. The van der Waals surface area contributed by atoms with E-state index in [9.17, 15) is 35.9 Å². The molecule has 1 N–H and O–H groups in total. The Balaban J connectivity index is 2.34. The second-order valence-electron chi connectivity index (χ2n) is 6.39. The molecule has 10 heteroatoms. The summed E-state index contributed by atoms with van der Waals surface area (Å²) in [5.41, 5.74) is -1.93. The molecule has 0 aliphatic heterocycles. The number of ketones is 2. The summed E-state index contributed by atoms with van der Waals surface area (Å²) in [6.07, 6.45) is -9.61. The van der Waals surface area contributed by atoms with E-state index in [0.717, 1.165) is 17.8 Å². The molecule has 0 unspecified atom stereocenters. The summed E-state index contributed by atoms with van der Waals surface area (Å²) in [7, 11) is 0. The first-order valence-electron chi connectivity index (χ1n) is 8.38. The number of fused-ring (bicyclic) bond motifs is 1. The van der Waals surface area contributed by atoms with E-state index in [1.54, 1.807) is 19.1 Å². The number of halogens is 6. The fourth-order valence-corrected chi connectivity index (χ4v) is 2.82. The molecule has 0 saturated heterocycles. The van der Waals surface area contributed by atoms with Crippen molar-refractivity contribution in [2.45, 2.75) is 19.3 Å². The van der Waals surface area contributed by atoms with Gasteiger partial charge < -0.3 is 5.32 Å². The largest absolute Gasteiger partial charge is 0.454 e. The van der Waals surface area contributed by atoms with Crippen LogP contribution in [0.3, 0.4) is 0 Å². The lowest BCUT2D eigenvalue weighted by atomic mass is 9.96. The third kappa shape index (κ3) is 4.12. The van der Waals surface area contributed by atoms with Gasteiger partial charge in [-0.3, -0.25) is 14.6 Å². The fraction of sp³-hybridized carbons (Fsp3) is 0.150. The van der Waals surface area contributed by atoms with E-state index in [1.165, 1.54) is 18.2 Å². The number of carbonyl (C=O) groups excluding carboxylic acids is 2. The smallest absolute Gasteiger partial charge is 0.353 e. The lowest BCUT2D eigenvalue weighted by Crippen LogP contribution is -2.26. The predicted molar refractivity (Wildman–Crippen MR) is 97.0 cm³/mol. The van der Waals surface area contributed by atoms with Crippen LogP contribution >= 0.6 is 0 Å². The van der Waals surface area contributed by atoms with Gasteiger partial charge in [-0.2, -0.15) is 26.3 Å². The van der Waals surface area contributed by atoms with Crippen molar-refractivity contribution in [3.63, 3.8) is 0 Å². The predicted octanol–water partition coefficient (Wildman–Crippen LogP) is 5.78. The molecule has 0 spiro atoms. The van der Waals surface area contributed by atoms with Crippen molar-refractivity contribution in [1.29, 1.82) is 0 Å². The van der Waals surface area contributed by atoms with E-state index >= 15 is 0 Å². The van der Waals surface area contributed by atoms with E-state index in [0.29, 0.717) is 6.07 Å². The number of nitrogens with one attached hydrogen (secondary N) is 1. The van der Waals surface area contributed by atoms with Gasteiger partial charge in [-0.05, 0) is 31.2 Å². The third-order valence-electron chi connectivity index (χ3n) is 4.22. The summed E-state index contributed by atoms with van der Waals surface area (Å²) in [6.45, 7) is 1.77. The summed E-state index contributed by atoms with van der Waals surface area (Å²) in [6, 6.07) is 8.98. The Morgan fingerprint density at radius 2 is 1.43 bits per heavy atom. The molecule has 30 heavy (non-hydrogen) atoms. The molecule has 0 aliphatic rings. The van der Waals surface area contributed by atoms with Gasteiger partial charge in [-0.1, -0.05) is 23.8 Å². The van der Waals surface area contributed by atoms with Crippen LogP contribution in [-0.4, -0.2) is 28.9 Å². The SMILES string of the molecule is Cc1ccc(Nc2c(C(=O)C(F)(F)F)cc(C(=O)C(F)(F)F)c3cccnc23)cc1. The molecule has 2 aromatic carbocycles. The van der Waals surface area contributed by atoms with Crippen LogP contribution < -0.4 is 5.32 Å². The van der Waals surface area contributed by atoms with E-state index in [2.05, 4.69) is 10.3 Å². The maximum atomic E-state index is 13.2. The molecule has 3 aromatic rings. The number of carbonyl (C=O) groups is 2. The molecule has 0 fully saturated rings. The lowest BCUT2D eigenvalue weighted by Gasteiger charge is -2.18. The fourth-order valence-electron chi connectivity index (χ4n) is 2.82. The number of aromatic nitrogens is 1. The van der Waals surface area contributed by atoms with Crippen LogP contribution in [0.25, 0.3) is 10.9 Å². The quantitative estimate of drug-likeness (QED) is 0.425. The van der Waals surface area contributed by atoms with Crippen LogP contribution in [0.2, 0.25) is 0 Å². The topological polar surface area (TPSA) is 59.1 Å². The minimum atomic E-state index is -5.38. The van der Waals surface area contributed by atoms with Crippen molar-refractivity contribution in [3.05, 3.63) is 65.4 Å². The monoisotopic (exact) mass is 426 g/mol. The van der Waals surface area contributed by atoms with Gasteiger partial charge in [0.2, 0.25) is 0 Å². The van der Waals surface area contributed by atoms with Crippen LogP contribution in [-0.2, 0) is 0 Å². The van der Waals surface area contributed by atoms with Gasteiger partial charge in [0.15, 0.2) is 0 Å². The Kier molecular flexibility index (Phi) is 5.27. The van der Waals surface area contributed by atoms with Crippen molar-refractivity contribution in [2.24, 2.45) is 0 Å². The molecular weight excluding hydrogens is 414 g/mol. The molecule has 0 radical (unpaired) electrons. The number of nitrogens with zero attached hydrogens (tertiary/aromatic N) is 1. The van der Waals surface area contributed by atoms with Gasteiger partial charge in [0, 0.05) is 22.8 Å². The van der Waals surface area contributed by atoms with Gasteiger partial charge in [0.25, 0.3) is 11.6 Å². The number of anilines is 2. The highest BCUT2D eigenvalue weighted by Gasteiger charge is 2.44. The number of Topliss-reactive ketones (excluding diaryl/α,β-unsaturated/α-hetero) is 2. The molecule has 3 rings (SSSR count). The standard InChI is InChI=1S/C20H12F6N2O2/c1-10-4-6-11(7-5-10)28-16-14(18(30)20(24,25)26)9-13(17(29)19(21,22)23)12-3-2-8-27-15(12)16/h2-9,28H,1H3. The first-order valence-corrected chi connectivity index (χ1v) is 8.38. The maximum absolute atomic E-state index is 13.2. The number of rotatable bonds is 4. The van der Waals surface area contributed by atoms with Crippen molar-refractivity contribution >= 4 is 33.8 Å². The van der Waals surface area contributed by atoms with Gasteiger partial charge in [-0.25, -0.2) is 0 Å². The summed E-state index contributed by atoms with van der Waals surface area (Å²) in [5.74, 6) is -4.78. The van der Waals surface area contributed by atoms with Crippen molar-refractivity contribution in [2.75, 3.05) is 5.32 Å². The van der Waals surface area contributed by atoms with Crippen molar-refractivity contribution in [3.8, 4) is 0 Å². The lowest BCUT2D eigenvalue weighted by molar-refractivity contribution is -0.0886. The number of pyridine rings is 1. The van der Waals surface area contributed by atoms with Crippen LogP contribution in [0.1, 0.15) is 26.3 Å². The molecule has 0 saturated carbocycles. The van der Waals surface area contributed by atoms with E-state index in [1.807, 2.05) is 0 Å². The van der Waals surface area contributed by atoms with Gasteiger partial charge in [0.05, 0.1) is 16.8 Å². The molecule has 0 aliphatic carbocycles. The van der Waals surface area contributed by atoms with E-state index < -0.39 is 40.7 Å². The molecule has 1 aromatic heterocycles.